The number of unbranched alkanes of at least 4 members (excludes halogenated alkanes) is 2. The van der Waals surface area contributed by atoms with E-state index >= 15 is 0 Å². The molecule has 0 unspecified atom stereocenters. The van der Waals surface area contributed by atoms with Crippen LogP contribution >= 0.6 is 11.3 Å². The molecule has 128 valence electrons. The normalized spacial score (nSPS) is 11.1. The van der Waals surface area contributed by atoms with Gasteiger partial charge in [-0.25, -0.2) is 9.18 Å². The number of aryl methyl sites for hydroxylation is 1. The number of rotatable bonds is 8. The maximum atomic E-state index is 14.4. The number of carbonyl (C=O) groups is 1. The van der Waals surface area contributed by atoms with Crippen molar-refractivity contribution in [2.24, 2.45) is 0 Å². The molecule has 1 aromatic heterocycles. The highest BCUT2D eigenvalue weighted by molar-refractivity contribution is 7.15. The minimum Gasteiger partial charge on any atom is -0.423 e. The number of hydrogen-bond donors (Lipinski definition) is 0. The molecular formula is C20H23FO2S. The van der Waals surface area contributed by atoms with Gasteiger partial charge in [0.15, 0.2) is 0 Å². The molecule has 1 heterocycles. The molecule has 0 aliphatic rings. The van der Waals surface area contributed by atoms with E-state index in [0.717, 1.165) is 17.7 Å². The van der Waals surface area contributed by atoms with E-state index in [9.17, 15) is 9.18 Å². The highest BCUT2D eigenvalue weighted by Crippen LogP contribution is 2.32. The molecule has 1 aromatic carbocycles. The van der Waals surface area contributed by atoms with Crippen molar-refractivity contribution in [1.29, 1.82) is 0 Å². The highest BCUT2D eigenvalue weighted by Gasteiger charge is 2.11. The smallest absolute Gasteiger partial charge is 0.335 e. The largest absolute Gasteiger partial charge is 0.423 e. The van der Waals surface area contributed by atoms with Gasteiger partial charge in [-0.3, -0.25) is 0 Å². The highest BCUT2D eigenvalue weighted by atomic mass is 32.1. The second-order valence-corrected chi connectivity index (χ2v) is 6.76. The Labute approximate surface area is 147 Å². The van der Waals surface area contributed by atoms with Crippen molar-refractivity contribution in [3.8, 4) is 16.2 Å². The van der Waals surface area contributed by atoms with Gasteiger partial charge in [-0.1, -0.05) is 32.8 Å². The van der Waals surface area contributed by atoms with E-state index in [1.807, 2.05) is 13.0 Å². The fourth-order valence-electron chi connectivity index (χ4n) is 2.33. The zero-order chi connectivity index (χ0) is 17.4. The van der Waals surface area contributed by atoms with Crippen LogP contribution in [0.4, 0.5) is 4.39 Å². The summed E-state index contributed by atoms with van der Waals surface area (Å²) < 4.78 is 19.4. The van der Waals surface area contributed by atoms with Gasteiger partial charge in [-0.2, -0.15) is 0 Å². The van der Waals surface area contributed by atoms with Gasteiger partial charge in [-0.05, 0) is 43.5 Å². The van der Waals surface area contributed by atoms with Crippen LogP contribution in [-0.4, -0.2) is 5.97 Å². The Hall–Kier alpha value is -1.94. The van der Waals surface area contributed by atoms with Crippen molar-refractivity contribution in [3.63, 3.8) is 0 Å². The standard InChI is InChI=1S/C20H23FO2S/c1-3-5-7-8-16-11-13-19(24-16)17-12-10-15(14-18(17)21)23-20(22)9-6-4-2/h6,9-14H,3-5,7-8H2,1-2H3. The maximum Gasteiger partial charge on any atom is 0.335 e. The van der Waals surface area contributed by atoms with E-state index in [-0.39, 0.29) is 11.6 Å². The van der Waals surface area contributed by atoms with Crippen LogP contribution in [0.25, 0.3) is 10.4 Å². The lowest BCUT2D eigenvalue weighted by Gasteiger charge is -2.05. The van der Waals surface area contributed by atoms with E-state index in [1.54, 1.807) is 29.5 Å². The average molecular weight is 346 g/mol. The summed E-state index contributed by atoms with van der Waals surface area (Å²) in [7, 11) is 0. The second-order valence-electron chi connectivity index (χ2n) is 5.60. The van der Waals surface area contributed by atoms with E-state index in [1.165, 1.54) is 36.3 Å². The monoisotopic (exact) mass is 346 g/mol. The Bertz CT molecular complexity index is 703. The van der Waals surface area contributed by atoms with Crippen LogP contribution in [0.1, 0.15) is 44.4 Å². The van der Waals surface area contributed by atoms with Gasteiger partial charge in [0.25, 0.3) is 0 Å². The second kappa shape index (κ2) is 9.38. The minimum atomic E-state index is -0.488. The van der Waals surface area contributed by atoms with Gasteiger partial charge in [-0.15, -0.1) is 11.3 Å². The molecular weight excluding hydrogens is 323 g/mol. The van der Waals surface area contributed by atoms with Crippen molar-refractivity contribution in [2.45, 2.75) is 46.0 Å². The molecule has 0 aliphatic carbocycles. The summed E-state index contributed by atoms with van der Waals surface area (Å²) in [6.45, 7) is 4.11. The molecule has 24 heavy (non-hydrogen) atoms. The Morgan fingerprint density at radius 2 is 2.04 bits per heavy atom. The van der Waals surface area contributed by atoms with Gasteiger partial charge in [0.2, 0.25) is 0 Å². The van der Waals surface area contributed by atoms with E-state index in [0.29, 0.717) is 5.56 Å². The summed E-state index contributed by atoms with van der Waals surface area (Å²) in [5, 5.41) is 0. The summed E-state index contributed by atoms with van der Waals surface area (Å²) in [6.07, 6.45) is 8.43. The average Bonchev–Trinajstić information content (AvgIpc) is 3.02. The number of esters is 1. The van der Waals surface area contributed by atoms with Crippen LogP contribution in [0.15, 0.2) is 42.5 Å². The Morgan fingerprint density at radius 3 is 2.75 bits per heavy atom. The summed E-state index contributed by atoms with van der Waals surface area (Å²) in [6, 6.07) is 8.60. The molecule has 0 atom stereocenters. The number of benzene rings is 1. The van der Waals surface area contributed by atoms with Gasteiger partial charge in [0, 0.05) is 27.5 Å². The minimum absolute atomic E-state index is 0.224. The molecule has 0 saturated carbocycles. The number of halogens is 1. The van der Waals surface area contributed by atoms with Gasteiger partial charge in [0.1, 0.15) is 11.6 Å². The quantitative estimate of drug-likeness (QED) is 0.248. The number of thiophene rings is 1. The summed E-state index contributed by atoms with van der Waals surface area (Å²) in [4.78, 5) is 13.7. The molecule has 0 radical (unpaired) electrons. The lowest BCUT2D eigenvalue weighted by Crippen LogP contribution is -2.04. The van der Waals surface area contributed by atoms with E-state index in [4.69, 9.17) is 4.74 Å². The molecule has 0 saturated heterocycles. The van der Waals surface area contributed by atoms with Gasteiger partial charge >= 0.3 is 5.97 Å². The summed E-state index contributed by atoms with van der Waals surface area (Å²) >= 11 is 1.62. The number of carbonyl (C=O) groups excluding carboxylic acids is 1. The molecule has 4 heteroatoms. The summed E-state index contributed by atoms with van der Waals surface area (Å²) in [5.74, 6) is -0.637. The van der Waals surface area contributed by atoms with Crippen molar-refractivity contribution >= 4 is 17.3 Å². The number of hydrogen-bond acceptors (Lipinski definition) is 3. The lowest BCUT2D eigenvalue weighted by atomic mass is 10.1. The van der Waals surface area contributed by atoms with Gasteiger partial charge < -0.3 is 4.74 Å². The van der Waals surface area contributed by atoms with Crippen molar-refractivity contribution < 1.29 is 13.9 Å². The molecule has 2 aromatic rings. The number of allylic oxidation sites excluding steroid dienone is 1. The predicted molar refractivity (Wildman–Crippen MR) is 98.0 cm³/mol. The van der Waals surface area contributed by atoms with Crippen molar-refractivity contribution in [2.75, 3.05) is 0 Å². The van der Waals surface area contributed by atoms with E-state index in [2.05, 4.69) is 13.0 Å². The lowest BCUT2D eigenvalue weighted by molar-refractivity contribution is -0.129. The molecule has 2 nitrogen and oxygen atoms in total. The first kappa shape index (κ1) is 18.4. The van der Waals surface area contributed by atoms with Crippen LogP contribution in [0, 0.1) is 5.82 Å². The molecule has 0 aliphatic heterocycles. The maximum absolute atomic E-state index is 14.4. The molecule has 0 fully saturated rings. The Kier molecular flexibility index (Phi) is 7.19. The van der Waals surface area contributed by atoms with Crippen LogP contribution in [0.2, 0.25) is 0 Å². The fraction of sp³-hybridized carbons (Fsp3) is 0.350. The first-order valence-corrected chi connectivity index (χ1v) is 9.22. The van der Waals surface area contributed by atoms with Crippen LogP contribution in [0.5, 0.6) is 5.75 Å². The summed E-state index contributed by atoms with van der Waals surface area (Å²) in [5.41, 5.74) is 0.547. The first-order valence-electron chi connectivity index (χ1n) is 8.41. The number of ether oxygens (including phenoxy) is 1. The van der Waals surface area contributed by atoms with Gasteiger partial charge in [0.05, 0.1) is 0 Å². The zero-order valence-electron chi connectivity index (χ0n) is 14.2. The molecule has 2 rings (SSSR count). The zero-order valence-corrected chi connectivity index (χ0v) is 15.0. The SMILES string of the molecule is CCC=CC(=O)Oc1ccc(-c2ccc(CCCCC)s2)c(F)c1. The molecule has 0 spiro atoms. The topological polar surface area (TPSA) is 26.3 Å². The van der Waals surface area contributed by atoms with Crippen molar-refractivity contribution in [1.82, 2.24) is 0 Å². The third kappa shape index (κ3) is 5.31. The Balaban J connectivity index is 2.06. The van der Waals surface area contributed by atoms with Crippen molar-refractivity contribution in [3.05, 3.63) is 53.2 Å². The molecule has 0 bridgehead atoms. The van der Waals surface area contributed by atoms with Crippen LogP contribution < -0.4 is 4.74 Å². The molecule has 0 N–H and O–H groups in total. The first-order chi connectivity index (χ1) is 11.6. The van der Waals surface area contributed by atoms with Crippen LogP contribution in [0.3, 0.4) is 0 Å². The third-order valence-corrected chi connectivity index (χ3v) is 4.78. The molecule has 0 amide bonds. The van der Waals surface area contributed by atoms with E-state index < -0.39 is 5.97 Å². The fourth-order valence-corrected chi connectivity index (χ4v) is 3.41. The third-order valence-electron chi connectivity index (χ3n) is 3.60. The predicted octanol–water partition coefficient (Wildman–Crippen LogP) is 6.16. The Morgan fingerprint density at radius 1 is 1.21 bits per heavy atom. The van der Waals surface area contributed by atoms with Crippen LogP contribution in [-0.2, 0) is 11.2 Å².